The van der Waals surface area contributed by atoms with E-state index in [2.05, 4.69) is 13.2 Å². The van der Waals surface area contributed by atoms with Crippen LogP contribution in [0.4, 0.5) is 0 Å². The van der Waals surface area contributed by atoms with Crippen LogP contribution in [0.15, 0.2) is 24.7 Å². The van der Waals surface area contributed by atoms with Gasteiger partial charge in [-0.2, -0.15) is 0 Å². The minimum atomic E-state index is -2.26. The molecule has 0 aromatic rings. The normalized spacial score (nSPS) is 10.9. The van der Waals surface area contributed by atoms with E-state index in [0.29, 0.717) is 17.9 Å². The molecule has 1 N–H and O–H groups in total. The fraction of sp³-hybridized carbons (Fsp3) is 0.600. The van der Waals surface area contributed by atoms with Crippen molar-refractivity contribution in [1.29, 1.82) is 0 Å². The van der Waals surface area contributed by atoms with Crippen molar-refractivity contribution >= 4 is 8.56 Å². The molecule has 0 heterocycles. The van der Waals surface area contributed by atoms with Crippen LogP contribution in [0.2, 0.25) is 12.6 Å². The van der Waals surface area contributed by atoms with Gasteiger partial charge in [-0.25, -0.2) is 0 Å². The van der Waals surface area contributed by atoms with E-state index in [-0.39, 0.29) is 6.61 Å². The van der Waals surface area contributed by atoms with Gasteiger partial charge < -0.3 is 14.0 Å². The van der Waals surface area contributed by atoms with Crippen LogP contribution in [0, 0.1) is 0 Å². The number of aliphatic hydroxyl groups is 1. The van der Waals surface area contributed by atoms with E-state index >= 15 is 0 Å². The summed E-state index contributed by atoms with van der Waals surface area (Å²) in [6, 6.07) is 0.739. The molecule has 0 saturated carbocycles. The first kappa shape index (κ1) is 13.3. The zero-order valence-corrected chi connectivity index (χ0v) is 10.3. The van der Waals surface area contributed by atoms with Gasteiger partial charge in [0.15, 0.2) is 0 Å². The van der Waals surface area contributed by atoms with Gasteiger partial charge in [0, 0.05) is 19.2 Å². The predicted octanol–water partition coefficient (Wildman–Crippen LogP) is 2.54. The van der Waals surface area contributed by atoms with E-state index in [4.69, 9.17) is 14.0 Å². The summed E-state index contributed by atoms with van der Waals surface area (Å²) in [6.07, 6.45) is 0.684. The average Bonchev–Trinajstić information content (AvgIpc) is 1.97. The minimum absolute atomic E-state index is 0.154. The van der Waals surface area contributed by atoms with Crippen molar-refractivity contribution in [3.63, 3.8) is 0 Å². The Morgan fingerprint density at radius 3 is 1.93 bits per heavy atom. The smallest absolute Gasteiger partial charge is 0.456 e. The number of hydrogen-bond donors (Lipinski definition) is 1. The zero-order chi connectivity index (χ0) is 11.2. The van der Waals surface area contributed by atoms with Crippen LogP contribution in [0.3, 0.4) is 0 Å². The number of hydrogen-bond acceptors (Lipinski definition) is 3. The van der Waals surface area contributed by atoms with E-state index in [9.17, 15) is 0 Å². The quantitative estimate of drug-likeness (QED) is 0.525. The third-order valence-corrected chi connectivity index (χ3v) is 4.39. The first-order valence-corrected chi connectivity index (χ1v) is 7.22. The van der Waals surface area contributed by atoms with Gasteiger partial charge in [-0.05, 0) is 20.3 Å². The van der Waals surface area contributed by atoms with E-state index in [1.165, 1.54) is 0 Å². The van der Waals surface area contributed by atoms with Gasteiger partial charge in [0.05, 0.1) is 11.5 Å². The van der Waals surface area contributed by atoms with Crippen molar-refractivity contribution in [2.45, 2.75) is 32.9 Å². The highest BCUT2D eigenvalue weighted by atomic mass is 28.4. The zero-order valence-electron chi connectivity index (χ0n) is 9.30. The lowest BCUT2D eigenvalue weighted by Gasteiger charge is -2.28. The second kappa shape index (κ2) is 5.88. The summed E-state index contributed by atoms with van der Waals surface area (Å²) < 4.78 is 11.2. The second-order valence-corrected chi connectivity index (χ2v) is 6.74. The second-order valence-electron chi connectivity index (χ2n) is 3.57. The summed E-state index contributed by atoms with van der Waals surface area (Å²) in [5.74, 6) is 1.30. The van der Waals surface area contributed by atoms with Crippen LogP contribution in [0.5, 0.6) is 0 Å². The van der Waals surface area contributed by atoms with Crippen LogP contribution in [0.25, 0.3) is 0 Å². The van der Waals surface area contributed by atoms with Crippen molar-refractivity contribution < 1.29 is 14.0 Å². The number of allylic oxidation sites excluding steroid dienone is 2. The molecule has 0 rings (SSSR count). The molecule has 0 bridgehead atoms. The first-order valence-electron chi connectivity index (χ1n) is 4.69. The molecule has 0 radical (unpaired) electrons. The van der Waals surface area contributed by atoms with Crippen molar-refractivity contribution in [3.8, 4) is 0 Å². The Hall–Kier alpha value is -0.743. The van der Waals surface area contributed by atoms with Gasteiger partial charge in [0.2, 0.25) is 0 Å². The molecule has 0 atom stereocenters. The van der Waals surface area contributed by atoms with Crippen molar-refractivity contribution in [2.24, 2.45) is 0 Å². The first-order chi connectivity index (χ1) is 6.39. The van der Waals surface area contributed by atoms with Crippen molar-refractivity contribution in [1.82, 2.24) is 0 Å². The Balaban J connectivity index is 4.31. The highest BCUT2D eigenvalue weighted by Gasteiger charge is 2.34. The summed E-state index contributed by atoms with van der Waals surface area (Å²) >= 11 is 0. The standard InChI is InChI=1S/C10H20O3Si/c1-9(2)12-14(5,8-6-7-11)13-10(3)4/h11H,1,3,6-8H2,2,4-5H3. The molecule has 0 aliphatic rings. The highest BCUT2D eigenvalue weighted by molar-refractivity contribution is 6.66. The third-order valence-electron chi connectivity index (χ3n) is 1.57. The Morgan fingerprint density at radius 1 is 1.21 bits per heavy atom. The molecule has 0 aromatic carbocycles. The van der Waals surface area contributed by atoms with E-state index in [1.807, 2.05) is 6.55 Å². The lowest BCUT2D eigenvalue weighted by Crippen LogP contribution is -2.37. The summed E-state index contributed by atoms with van der Waals surface area (Å²) in [5, 5.41) is 8.76. The Kier molecular flexibility index (Phi) is 5.56. The van der Waals surface area contributed by atoms with E-state index in [1.54, 1.807) is 13.8 Å². The van der Waals surface area contributed by atoms with Crippen LogP contribution in [-0.4, -0.2) is 20.3 Å². The molecule has 0 saturated heterocycles. The molecule has 14 heavy (non-hydrogen) atoms. The molecule has 82 valence electrons. The fourth-order valence-electron chi connectivity index (χ4n) is 1.26. The largest absolute Gasteiger partial charge is 0.517 e. The van der Waals surface area contributed by atoms with Crippen molar-refractivity contribution in [2.75, 3.05) is 6.61 Å². The fourth-order valence-corrected chi connectivity index (χ4v) is 3.78. The SMILES string of the molecule is C=C(C)O[Si](C)(CCCO)OC(=C)C. The van der Waals surface area contributed by atoms with E-state index < -0.39 is 8.56 Å². The lowest BCUT2D eigenvalue weighted by atomic mass is 10.5. The van der Waals surface area contributed by atoms with Crippen LogP contribution >= 0.6 is 0 Å². The van der Waals surface area contributed by atoms with Crippen molar-refractivity contribution in [3.05, 3.63) is 24.7 Å². The van der Waals surface area contributed by atoms with Gasteiger partial charge in [-0.1, -0.05) is 13.2 Å². The Morgan fingerprint density at radius 2 is 1.64 bits per heavy atom. The molecule has 0 amide bonds. The summed E-state index contributed by atoms with van der Waals surface area (Å²) in [6.45, 7) is 13.1. The number of rotatable bonds is 7. The highest BCUT2D eigenvalue weighted by Crippen LogP contribution is 2.21. The molecule has 0 aromatic heterocycles. The summed E-state index contributed by atoms with van der Waals surface area (Å²) in [4.78, 5) is 0. The molecule has 0 spiro atoms. The topological polar surface area (TPSA) is 38.7 Å². The average molecular weight is 216 g/mol. The number of aliphatic hydroxyl groups excluding tert-OH is 1. The summed E-state index contributed by atoms with van der Waals surface area (Å²) in [7, 11) is -2.26. The Labute approximate surface area is 87.3 Å². The van der Waals surface area contributed by atoms with Gasteiger partial charge in [0.1, 0.15) is 0 Å². The van der Waals surface area contributed by atoms with Gasteiger partial charge in [-0.3, -0.25) is 0 Å². The molecule has 4 heteroatoms. The molecular formula is C10H20O3Si. The monoisotopic (exact) mass is 216 g/mol. The van der Waals surface area contributed by atoms with Crippen LogP contribution in [0.1, 0.15) is 20.3 Å². The van der Waals surface area contributed by atoms with Gasteiger partial charge >= 0.3 is 8.56 Å². The van der Waals surface area contributed by atoms with Gasteiger partial charge in [0.25, 0.3) is 0 Å². The maximum atomic E-state index is 8.76. The molecule has 0 unspecified atom stereocenters. The molecule has 0 aliphatic carbocycles. The molecule has 0 aliphatic heterocycles. The van der Waals surface area contributed by atoms with E-state index in [0.717, 1.165) is 6.04 Å². The molecule has 0 fully saturated rings. The lowest BCUT2D eigenvalue weighted by molar-refractivity contribution is 0.252. The Bertz CT molecular complexity index is 197. The maximum absolute atomic E-state index is 8.76. The predicted molar refractivity (Wildman–Crippen MR) is 59.9 cm³/mol. The molecule has 3 nitrogen and oxygen atoms in total. The summed E-state index contributed by atoms with van der Waals surface area (Å²) in [5.41, 5.74) is 0. The maximum Gasteiger partial charge on any atom is 0.456 e. The van der Waals surface area contributed by atoms with Crippen LogP contribution in [-0.2, 0) is 8.85 Å². The molecular weight excluding hydrogens is 196 g/mol. The third kappa shape index (κ3) is 5.83. The van der Waals surface area contributed by atoms with Crippen LogP contribution < -0.4 is 0 Å². The minimum Gasteiger partial charge on any atom is -0.517 e. The van der Waals surface area contributed by atoms with Gasteiger partial charge in [-0.15, -0.1) is 0 Å².